The van der Waals surface area contributed by atoms with Crippen LogP contribution < -0.4 is 4.90 Å². The molecule has 0 radical (unpaired) electrons. The highest BCUT2D eigenvalue weighted by Crippen LogP contribution is 2.60. The van der Waals surface area contributed by atoms with E-state index in [1.165, 1.54) is 0 Å². The molecule has 1 saturated carbocycles. The summed E-state index contributed by atoms with van der Waals surface area (Å²) in [5.74, 6) is 0.209. The van der Waals surface area contributed by atoms with Gasteiger partial charge in [0.25, 0.3) is 6.01 Å². The number of piperazine rings is 1. The molecule has 0 spiro atoms. The second-order valence-corrected chi connectivity index (χ2v) is 8.42. The topological polar surface area (TPSA) is 62.5 Å². The molecule has 1 amide bonds. The van der Waals surface area contributed by atoms with Crippen LogP contribution in [0.25, 0.3) is 11.2 Å². The maximum atomic E-state index is 12.9. The molecule has 0 N–H and O–H groups in total. The van der Waals surface area contributed by atoms with Crippen LogP contribution in [0.3, 0.4) is 0 Å². The second-order valence-electron chi connectivity index (χ2n) is 7.42. The molecule has 2 aliphatic rings. The lowest BCUT2D eigenvalue weighted by molar-refractivity contribution is -0.133. The van der Waals surface area contributed by atoms with E-state index < -0.39 is 0 Å². The number of anilines is 1. The van der Waals surface area contributed by atoms with Gasteiger partial charge in [0.05, 0.1) is 5.92 Å². The van der Waals surface area contributed by atoms with E-state index in [0.29, 0.717) is 43.4 Å². The fourth-order valence-corrected chi connectivity index (χ4v) is 4.08. The van der Waals surface area contributed by atoms with Crippen LogP contribution >= 0.6 is 23.2 Å². The number of fused-ring (bicyclic) bond motifs is 1. The van der Waals surface area contributed by atoms with E-state index in [-0.39, 0.29) is 27.6 Å². The zero-order valence-electron chi connectivity index (χ0n) is 14.7. The smallest absolute Gasteiger partial charge is 0.300 e. The lowest BCUT2D eigenvalue weighted by atomic mass is 10.1. The Morgan fingerprint density at radius 1 is 1.31 bits per heavy atom. The lowest BCUT2D eigenvalue weighted by Crippen LogP contribution is -2.49. The van der Waals surface area contributed by atoms with Crippen LogP contribution in [0.15, 0.2) is 33.3 Å². The average Bonchev–Trinajstić information content (AvgIpc) is 2.96. The third-order valence-electron chi connectivity index (χ3n) is 5.50. The predicted octanol–water partition coefficient (Wildman–Crippen LogP) is 3.46. The number of amides is 1. The van der Waals surface area contributed by atoms with Crippen molar-refractivity contribution in [2.24, 2.45) is 17.3 Å². The Kier molecular flexibility index (Phi) is 4.35. The maximum absolute atomic E-state index is 12.9. The SMILES string of the molecule is CC1(C)C(C=C(Cl)Cl)C1C(=O)N1CCN(c2nc3ncccc3o2)CC1. The van der Waals surface area contributed by atoms with Gasteiger partial charge in [0.15, 0.2) is 5.58 Å². The molecule has 2 unspecified atom stereocenters. The van der Waals surface area contributed by atoms with Gasteiger partial charge in [-0.1, -0.05) is 37.0 Å². The summed E-state index contributed by atoms with van der Waals surface area (Å²) in [6, 6.07) is 4.24. The summed E-state index contributed by atoms with van der Waals surface area (Å²) in [4.78, 5) is 25.5. The van der Waals surface area contributed by atoms with Crippen molar-refractivity contribution < 1.29 is 9.21 Å². The Hall–Kier alpha value is -1.79. The van der Waals surface area contributed by atoms with Gasteiger partial charge in [0.2, 0.25) is 11.6 Å². The Balaban J connectivity index is 1.40. The van der Waals surface area contributed by atoms with Crippen LogP contribution in [0.2, 0.25) is 0 Å². The minimum Gasteiger partial charge on any atom is -0.422 e. The van der Waals surface area contributed by atoms with Crippen molar-refractivity contribution >= 4 is 46.4 Å². The van der Waals surface area contributed by atoms with Gasteiger partial charge in [-0.25, -0.2) is 4.98 Å². The normalized spacial score (nSPS) is 24.6. The molecule has 0 bridgehead atoms. The Morgan fingerprint density at radius 2 is 2.04 bits per heavy atom. The molecule has 1 aliphatic heterocycles. The number of rotatable bonds is 3. The lowest BCUT2D eigenvalue weighted by Gasteiger charge is -2.34. The molecule has 1 aliphatic carbocycles. The van der Waals surface area contributed by atoms with Crippen molar-refractivity contribution in [2.75, 3.05) is 31.1 Å². The monoisotopic (exact) mass is 394 g/mol. The third-order valence-corrected chi connectivity index (χ3v) is 5.75. The van der Waals surface area contributed by atoms with Crippen LogP contribution in [0.1, 0.15) is 13.8 Å². The standard InChI is InChI=1S/C18H20Cl2N4O2/c1-18(2)11(10-13(19)20)14(18)16(25)23-6-8-24(9-7-23)17-22-15-12(26-17)4-3-5-21-15/h3-5,10-11,14H,6-9H2,1-2H3. The number of pyridine rings is 1. The van der Waals surface area contributed by atoms with Gasteiger partial charge in [-0.05, 0) is 29.5 Å². The quantitative estimate of drug-likeness (QED) is 0.797. The van der Waals surface area contributed by atoms with E-state index in [0.717, 1.165) is 0 Å². The molecule has 8 heteroatoms. The molecular weight excluding hydrogens is 375 g/mol. The van der Waals surface area contributed by atoms with Gasteiger partial charge in [-0.2, -0.15) is 4.98 Å². The Bertz CT molecular complexity index is 834. The number of hydrogen-bond acceptors (Lipinski definition) is 5. The molecule has 3 heterocycles. The molecule has 0 aromatic carbocycles. The van der Waals surface area contributed by atoms with Crippen molar-refractivity contribution in [3.8, 4) is 0 Å². The van der Waals surface area contributed by atoms with Crippen molar-refractivity contribution in [1.82, 2.24) is 14.9 Å². The predicted molar refractivity (Wildman–Crippen MR) is 101 cm³/mol. The van der Waals surface area contributed by atoms with Gasteiger partial charge >= 0.3 is 0 Å². The summed E-state index contributed by atoms with van der Waals surface area (Å²) in [5, 5.41) is 0. The van der Waals surface area contributed by atoms with Crippen molar-refractivity contribution in [2.45, 2.75) is 13.8 Å². The number of carbonyl (C=O) groups excluding carboxylic acids is 1. The summed E-state index contributed by atoms with van der Waals surface area (Å²) in [5.41, 5.74) is 1.18. The summed E-state index contributed by atoms with van der Waals surface area (Å²) in [7, 11) is 0. The third kappa shape index (κ3) is 3.05. The fourth-order valence-electron chi connectivity index (χ4n) is 3.80. The first-order valence-corrected chi connectivity index (χ1v) is 9.41. The van der Waals surface area contributed by atoms with E-state index in [1.807, 2.05) is 17.0 Å². The highest BCUT2D eigenvalue weighted by molar-refractivity contribution is 6.55. The van der Waals surface area contributed by atoms with Gasteiger partial charge < -0.3 is 14.2 Å². The second kappa shape index (κ2) is 6.43. The number of halogens is 2. The van der Waals surface area contributed by atoms with Gasteiger partial charge in [-0.3, -0.25) is 4.79 Å². The summed E-state index contributed by atoms with van der Waals surface area (Å²) in [6.45, 7) is 6.81. The van der Waals surface area contributed by atoms with Gasteiger partial charge in [0.1, 0.15) is 4.49 Å². The molecule has 1 saturated heterocycles. The number of carbonyl (C=O) groups is 1. The Labute approximate surface area is 161 Å². The number of nitrogens with zero attached hydrogens (tertiary/aromatic N) is 4. The molecule has 2 aromatic rings. The van der Waals surface area contributed by atoms with Crippen LogP contribution in [0, 0.1) is 17.3 Å². The molecule has 2 fully saturated rings. The summed E-state index contributed by atoms with van der Waals surface area (Å²) < 4.78 is 6.00. The first kappa shape index (κ1) is 17.6. The molecular formula is C18H20Cl2N4O2. The van der Waals surface area contributed by atoms with E-state index >= 15 is 0 Å². The molecule has 2 aromatic heterocycles. The van der Waals surface area contributed by atoms with Crippen LogP contribution in [0.4, 0.5) is 6.01 Å². The summed E-state index contributed by atoms with van der Waals surface area (Å²) in [6.07, 6.45) is 3.48. The van der Waals surface area contributed by atoms with Crippen molar-refractivity contribution in [1.29, 1.82) is 0 Å². The number of allylic oxidation sites excluding steroid dienone is 1. The largest absolute Gasteiger partial charge is 0.422 e. The highest BCUT2D eigenvalue weighted by Gasteiger charge is 2.61. The molecule has 2 atom stereocenters. The molecule has 6 nitrogen and oxygen atoms in total. The average molecular weight is 395 g/mol. The highest BCUT2D eigenvalue weighted by atomic mass is 35.5. The zero-order chi connectivity index (χ0) is 18.5. The van der Waals surface area contributed by atoms with Gasteiger partial charge in [-0.15, -0.1) is 0 Å². The Morgan fingerprint density at radius 3 is 2.69 bits per heavy atom. The summed E-state index contributed by atoms with van der Waals surface area (Å²) >= 11 is 11.6. The number of oxazole rings is 1. The maximum Gasteiger partial charge on any atom is 0.300 e. The van der Waals surface area contributed by atoms with E-state index in [2.05, 4.69) is 28.7 Å². The van der Waals surface area contributed by atoms with Crippen molar-refractivity contribution in [3.63, 3.8) is 0 Å². The van der Waals surface area contributed by atoms with Crippen LogP contribution in [-0.2, 0) is 4.79 Å². The van der Waals surface area contributed by atoms with Crippen molar-refractivity contribution in [3.05, 3.63) is 28.9 Å². The first-order valence-electron chi connectivity index (χ1n) is 8.66. The number of aromatic nitrogens is 2. The minimum atomic E-state index is -0.102. The minimum absolute atomic E-state index is 0.0601. The molecule has 138 valence electrons. The first-order chi connectivity index (χ1) is 12.4. The van der Waals surface area contributed by atoms with E-state index in [9.17, 15) is 4.79 Å². The van der Waals surface area contributed by atoms with Crippen LogP contribution in [-0.4, -0.2) is 47.0 Å². The number of hydrogen-bond donors (Lipinski definition) is 0. The van der Waals surface area contributed by atoms with Crippen LogP contribution in [0.5, 0.6) is 0 Å². The van der Waals surface area contributed by atoms with Gasteiger partial charge in [0, 0.05) is 32.4 Å². The zero-order valence-corrected chi connectivity index (χ0v) is 16.2. The molecule has 4 rings (SSSR count). The van der Waals surface area contributed by atoms with E-state index in [4.69, 9.17) is 27.6 Å². The van der Waals surface area contributed by atoms with E-state index in [1.54, 1.807) is 12.3 Å². The fraction of sp³-hybridized carbons (Fsp3) is 0.500. The molecule has 26 heavy (non-hydrogen) atoms.